The van der Waals surface area contributed by atoms with E-state index in [-0.39, 0.29) is 5.56 Å². The first-order valence-corrected chi connectivity index (χ1v) is 5.97. The number of aromatic nitrogens is 2. The van der Waals surface area contributed by atoms with Crippen LogP contribution in [-0.4, -0.2) is 34.4 Å². The van der Waals surface area contributed by atoms with Gasteiger partial charge in [0.15, 0.2) is 0 Å². The Hall–Kier alpha value is -1.72. The summed E-state index contributed by atoms with van der Waals surface area (Å²) in [6, 6.07) is 5.39. The Kier molecular flexibility index (Phi) is 3.74. The van der Waals surface area contributed by atoms with Gasteiger partial charge in [0, 0.05) is 31.9 Å². The first-order chi connectivity index (χ1) is 8.60. The summed E-state index contributed by atoms with van der Waals surface area (Å²) >= 11 is 0. The minimum Gasteiger partial charge on any atom is -0.329 e. The Labute approximate surface area is 106 Å². The number of rotatable bonds is 4. The highest BCUT2D eigenvalue weighted by Crippen LogP contribution is 2.04. The summed E-state index contributed by atoms with van der Waals surface area (Å²) in [5.41, 5.74) is 8.01. The summed E-state index contributed by atoms with van der Waals surface area (Å²) in [5.74, 6) is 0. The predicted molar refractivity (Wildman–Crippen MR) is 71.6 cm³/mol. The molecule has 5 heteroatoms. The molecule has 0 radical (unpaired) electrons. The SMILES string of the molecule is Cc1ccn2c(=O)cc(CN(C)CCN)nc2c1. The van der Waals surface area contributed by atoms with E-state index in [2.05, 4.69) is 4.98 Å². The van der Waals surface area contributed by atoms with E-state index in [0.29, 0.717) is 18.7 Å². The number of nitrogens with zero attached hydrogens (tertiary/aromatic N) is 3. The Morgan fingerprint density at radius 3 is 2.94 bits per heavy atom. The van der Waals surface area contributed by atoms with E-state index in [1.54, 1.807) is 16.7 Å². The lowest BCUT2D eigenvalue weighted by Gasteiger charge is -2.14. The molecule has 2 N–H and O–H groups in total. The molecule has 0 unspecified atom stereocenters. The van der Waals surface area contributed by atoms with E-state index in [9.17, 15) is 4.79 Å². The van der Waals surface area contributed by atoms with Crippen LogP contribution in [0.15, 0.2) is 29.2 Å². The van der Waals surface area contributed by atoms with Gasteiger partial charge in [0.1, 0.15) is 5.65 Å². The van der Waals surface area contributed by atoms with Crippen molar-refractivity contribution < 1.29 is 0 Å². The number of pyridine rings is 1. The van der Waals surface area contributed by atoms with E-state index < -0.39 is 0 Å². The van der Waals surface area contributed by atoms with E-state index in [4.69, 9.17) is 5.73 Å². The fraction of sp³-hybridized carbons (Fsp3) is 0.385. The molecule has 2 aromatic heterocycles. The number of aryl methyl sites for hydroxylation is 1. The third kappa shape index (κ3) is 2.75. The molecule has 2 aromatic rings. The average Bonchev–Trinajstić information content (AvgIpc) is 2.28. The van der Waals surface area contributed by atoms with Gasteiger partial charge in [0.2, 0.25) is 0 Å². The second-order valence-corrected chi connectivity index (χ2v) is 4.54. The Morgan fingerprint density at radius 1 is 1.44 bits per heavy atom. The molecule has 0 bridgehead atoms. The van der Waals surface area contributed by atoms with Gasteiger partial charge >= 0.3 is 0 Å². The molecule has 5 nitrogen and oxygen atoms in total. The summed E-state index contributed by atoms with van der Waals surface area (Å²) in [6.07, 6.45) is 1.76. The van der Waals surface area contributed by atoms with Crippen LogP contribution >= 0.6 is 0 Å². The number of fused-ring (bicyclic) bond motifs is 1. The van der Waals surface area contributed by atoms with Crippen LogP contribution < -0.4 is 11.3 Å². The van der Waals surface area contributed by atoms with Crippen LogP contribution in [0.4, 0.5) is 0 Å². The van der Waals surface area contributed by atoms with Gasteiger partial charge < -0.3 is 5.73 Å². The van der Waals surface area contributed by atoms with Crippen LogP contribution in [0.1, 0.15) is 11.3 Å². The van der Waals surface area contributed by atoms with Gasteiger partial charge in [0.25, 0.3) is 5.56 Å². The molecule has 2 rings (SSSR count). The van der Waals surface area contributed by atoms with Crippen LogP contribution in [0, 0.1) is 6.92 Å². The monoisotopic (exact) mass is 246 g/mol. The van der Waals surface area contributed by atoms with Crippen molar-refractivity contribution in [2.75, 3.05) is 20.1 Å². The molecule has 0 saturated heterocycles. The highest BCUT2D eigenvalue weighted by Gasteiger charge is 2.05. The van der Waals surface area contributed by atoms with E-state index in [1.807, 2.05) is 31.0 Å². The Balaban J connectivity index is 2.38. The molecule has 18 heavy (non-hydrogen) atoms. The summed E-state index contributed by atoms with van der Waals surface area (Å²) in [5, 5.41) is 0. The minimum atomic E-state index is -0.0452. The normalized spacial score (nSPS) is 11.3. The van der Waals surface area contributed by atoms with Gasteiger partial charge in [-0.1, -0.05) is 0 Å². The van der Waals surface area contributed by atoms with Crippen molar-refractivity contribution in [3.05, 3.63) is 46.0 Å². The first-order valence-electron chi connectivity index (χ1n) is 5.97. The van der Waals surface area contributed by atoms with Gasteiger partial charge in [-0.3, -0.25) is 14.1 Å². The molecule has 0 aliphatic heterocycles. The summed E-state index contributed by atoms with van der Waals surface area (Å²) in [7, 11) is 1.96. The van der Waals surface area contributed by atoms with Crippen molar-refractivity contribution in [1.29, 1.82) is 0 Å². The van der Waals surface area contributed by atoms with Crippen LogP contribution in [0.3, 0.4) is 0 Å². The molecule has 0 saturated carbocycles. The lowest BCUT2D eigenvalue weighted by Crippen LogP contribution is -2.26. The maximum atomic E-state index is 11.9. The molecule has 0 atom stereocenters. The Bertz CT molecular complexity index is 605. The van der Waals surface area contributed by atoms with Gasteiger partial charge in [-0.2, -0.15) is 0 Å². The molecular formula is C13H18N4O. The van der Waals surface area contributed by atoms with Gasteiger partial charge in [-0.15, -0.1) is 0 Å². The lowest BCUT2D eigenvalue weighted by atomic mass is 10.3. The number of nitrogens with two attached hydrogens (primary N) is 1. The molecule has 0 spiro atoms. The largest absolute Gasteiger partial charge is 0.329 e. The van der Waals surface area contributed by atoms with E-state index in [0.717, 1.165) is 17.8 Å². The van der Waals surface area contributed by atoms with Crippen molar-refractivity contribution in [2.45, 2.75) is 13.5 Å². The third-order valence-corrected chi connectivity index (χ3v) is 2.82. The molecular weight excluding hydrogens is 228 g/mol. The highest BCUT2D eigenvalue weighted by molar-refractivity contribution is 5.41. The zero-order chi connectivity index (χ0) is 13.1. The molecule has 96 valence electrons. The van der Waals surface area contributed by atoms with Crippen LogP contribution in [0.2, 0.25) is 0 Å². The molecule has 2 heterocycles. The fourth-order valence-corrected chi connectivity index (χ4v) is 1.91. The smallest absolute Gasteiger partial charge is 0.258 e. The quantitative estimate of drug-likeness (QED) is 0.848. The molecule has 0 aliphatic carbocycles. The van der Waals surface area contributed by atoms with Gasteiger partial charge in [-0.05, 0) is 31.7 Å². The van der Waals surface area contributed by atoms with Crippen LogP contribution in [-0.2, 0) is 6.54 Å². The standard InChI is InChI=1S/C13H18N4O/c1-10-3-5-17-12(7-10)15-11(8-13(17)18)9-16(2)6-4-14/h3,5,7-8H,4,6,9,14H2,1-2H3. The minimum absolute atomic E-state index is 0.0452. The fourth-order valence-electron chi connectivity index (χ4n) is 1.91. The van der Waals surface area contributed by atoms with Gasteiger partial charge in [-0.25, -0.2) is 4.98 Å². The van der Waals surface area contributed by atoms with E-state index in [1.165, 1.54) is 0 Å². The first kappa shape index (κ1) is 12.7. The molecule has 0 aromatic carbocycles. The molecule has 0 amide bonds. The zero-order valence-corrected chi connectivity index (χ0v) is 10.8. The predicted octanol–water partition coefficient (Wildman–Crippen LogP) is 0.393. The van der Waals surface area contributed by atoms with Crippen molar-refractivity contribution in [1.82, 2.24) is 14.3 Å². The van der Waals surface area contributed by atoms with Crippen molar-refractivity contribution in [2.24, 2.45) is 5.73 Å². The van der Waals surface area contributed by atoms with Crippen molar-refractivity contribution >= 4 is 5.65 Å². The summed E-state index contributed by atoms with van der Waals surface area (Å²) in [6.45, 7) is 4.01. The van der Waals surface area contributed by atoms with Crippen molar-refractivity contribution in [3.8, 4) is 0 Å². The zero-order valence-electron chi connectivity index (χ0n) is 10.8. The highest BCUT2D eigenvalue weighted by atomic mass is 16.1. The summed E-state index contributed by atoms with van der Waals surface area (Å²) in [4.78, 5) is 18.5. The second kappa shape index (κ2) is 5.29. The average molecular weight is 246 g/mol. The molecule has 0 fully saturated rings. The number of hydrogen-bond donors (Lipinski definition) is 1. The van der Waals surface area contributed by atoms with Crippen molar-refractivity contribution in [3.63, 3.8) is 0 Å². The topological polar surface area (TPSA) is 63.6 Å². The second-order valence-electron chi connectivity index (χ2n) is 4.54. The number of likely N-dealkylation sites (N-methyl/N-ethyl adjacent to an activating group) is 1. The number of hydrogen-bond acceptors (Lipinski definition) is 4. The lowest BCUT2D eigenvalue weighted by molar-refractivity contribution is 0.332. The maximum absolute atomic E-state index is 11.9. The van der Waals surface area contributed by atoms with Gasteiger partial charge in [0.05, 0.1) is 5.69 Å². The Morgan fingerprint density at radius 2 is 2.22 bits per heavy atom. The van der Waals surface area contributed by atoms with Crippen LogP contribution in [0.5, 0.6) is 0 Å². The molecule has 0 aliphatic rings. The van der Waals surface area contributed by atoms with E-state index >= 15 is 0 Å². The maximum Gasteiger partial charge on any atom is 0.258 e. The van der Waals surface area contributed by atoms with Crippen LogP contribution in [0.25, 0.3) is 5.65 Å². The third-order valence-electron chi connectivity index (χ3n) is 2.82. The summed E-state index contributed by atoms with van der Waals surface area (Å²) < 4.78 is 1.55.